The van der Waals surface area contributed by atoms with Gasteiger partial charge in [-0.1, -0.05) is 45.8 Å². The molecule has 5 heteroatoms. The topological polar surface area (TPSA) is 38.0 Å². The van der Waals surface area contributed by atoms with Gasteiger partial charge in [-0.15, -0.1) is 0 Å². The molecule has 2 aromatic rings. The Morgan fingerprint density at radius 2 is 1.70 bits per heavy atom. The second-order valence-corrected chi connectivity index (χ2v) is 5.61. The highest BCUT2D eigenvalue weighted by Crippen LogP contribution is 2.26. The van der Waals surface area contributed by atoms with Gasteiger partial charge in [-0.05, 0) is 31.0 Å². The molecule has 0 aliphatic carbocycles. The molecule has 0 heterocycles. The molecular weight excluding hydrogens is 326 g/mol. The van der Waals surface area contributed by atoms with Crippen molar-refractivity contribution in [1.82, 2.24) is 5.43 Å². The molecule has 2 aromatic carbocycles. The van der Waals surface area contributed by atoms with Crippen molar-refractivity contribution in [2.24, 2.45) is 5.84 Å². The van der Waals surface area contributed by atoms with Gasteiger partial charge in [0.15, 0.2) is 0 Å². The number of hydrogen-bond donors (Lipinski definition) is 2. The number of benzene rings is 2. The van der Waals surface area contributed by atoms with Crippen LogP contribution in [-0.2, 0) is 6.42 Å². The minimum absolute atomic E-state index is 0.0451. The van der Waals surface area contributed by atoms with Gasteiger partial charge in [0.05, 0.1) is 6.04 Å². The fourth-order valence-electron chi connectivity index (χ4n) is 2.09. The van der Waals surface area contributed by atoms with Crippen LogP contribution in [-0.4, -0.2) is 0 Å². The molecule has 20 heavy (non-hydrogen) atoms. The molecule has 0 saturated heterocycles. The summed E-state index contributed by atoms with van der Waals surface area (Å²) in [6.07, 6.45) is 0.409. The fourth-order valence-corrected chi connectivity index (χ4v) is 2.49. The van der Waals surface area contributed by atoms with Gasteiger partial charge in [-0.2, -0.15) is 0 Å². The second kappa shape index (κ2) is 6.43. The Labute approximate surface area is 125 Å². The predicted octanol–water partition coefficient (Wildman–Crippen LogP) is 3.78. The molecule has 0 aliphatic heterocycles. The standard InChI is InChI=1S/C15H15BrF2N2/c1-9-2-4-10(5-3-9)6-14(20-19)15-12(17)7-11(16)8-13(15)18/h2-5,7-8,14,20H,6,19H2,1H3. The summed E-state index contributed by atoms with van der Waals surface area (Å²) in [5.41, 5.74) is 4.53. The number of nitrogens with two attached hydrogens (primary N) is 1. The van der Waals surface area contributed by atoms with Crippen molar-refractivity contribution in [3.8, 4) is 0 Å². The normalized spacial score (nSPS) is 12.4. The third kappa shape index (κ3) is 3.42. The van der Waals surface area contributed by atoms with Crippen LogP contribution in [0.4, 0.5) is 8.78 Å². The summed E-state index contributed by atoms with van der Waals surface area (Å²) >= 11 is 3.06. The zero-order chi connectivity index (χ0) is 14.7. The van der Waals surface area contributed by atoms with Crippen LogP contribution in [0, 0.1) is 18.6 Å². The number of hydrazine groups is 1. The smallest absolute Gasteiger partial charge is 0.132 e. The Bertz CT molecular complexity index is 576. The Kier molecular flexibility index (Phi) is 4.86. The van der Waals surface area contributed by atoms with Crippen LogP contribution in [0.2, 0.25) is 0 Å². The molecule has 0 spiro atoms. The van der Waals surface area contributed by atoms with Gasteiger partial charge < -0.3 is 0 Å². The number of halogens is 3. The number of nitrogens with one attached hydrogen (secondary N) is 1. The van der Waals surface area contributed by atoms with Crippen molar-refractivity contribution in [3.63, 3.8) is 0 Å². The van der Waals surface area contributed by atoms with E-state index in [4.69, 9.17) is 5.84 Å². The number of hydrogen-bond acceptors (Lipinski definition) is 2. The van der Waals surface area contributed by atoms with E-state index >= 15 is 0 Å². The van der Waals surface area contributed by atoms with Crippen molar-refractivity contribution in [3.05, 3.63) is 69.2 Å². The Balaban J connectivity index is 2.31. The molecule has 1 unspecified atom stereocenters. The van der Waals surface area contributed by atoms with Crippen LogP contribution in [0.5, 0.6) is 0 Å². The van der Waals surface area contributed by atoms with Crippen LogP contribution in [0.1, 0.15) is 22.7 Å². The van der Waals surface area contributed by atoms with Crippen LogP contribution in [0.15, 0.2) is 40.9 Å². The monoisotopic (exact) mass is 340 g/mol. The summed E-state index contributed by atoms with van der Waals surface area (Å²) in [4.78, 5) is 0. The summed E-state index contributed by atoms with van der Waals surface area (Å²) in [5.74, 6) is 4.23. The van der Waals surface area contributed by atoms with Crippen molar-refractivity contribution < 1.29 is 8.78 Å². The third-order valence-electron chi connectivity index (χ3n) is 3.15. The van der Waals surface area contributed by atoms with E-state index in [9.17, 15) is 8.78 Å². The molecule has 0 fully saturated rings. The lowest BCUT2D eigenvalue weighted by Gasteiger charge is -2.18. The SMILES string of the molecule is Cc1ccc(CC(NN)c2c(F)cc(Br)cc2F)cc1. The van der Waals surface area contributed by atoms with E-state index < -0.39 is 17.7 Å². The maximum absolute atomic E-state index is 13.9. The molecule has 0 amide bonds. The van der Waals surface area contributed by atoms with Crippen LogP contribution in [0.25, 0.3) is 0 Å². The number of aryl methyl sites for hydroxylation is 1. The van der Waals surface area contributed by atoms with E-state index in [1.165, 1.54) is 12.1 Å². The highest BCUT2D eigenvalue weighted by molar-refractivity contribution is 9.10. The third-order valence-corrected chi connectivity index (χ3v) is 3.61. The van der Waals surface area contributed by atoms with E-state index in [1.54, 1.807) is 0 Å². The van der Waals surface area contributed by atoms with E-state index in [-0.39, 0.29) is 5.56 Å². The predicted molar refractivity (Wildman–Crippen MR) is 79.0 cm³/mol. The first-order chi connectivity index (χ1) is 9.51. The lowest BCUT2D eigenvalue weighted by molar-refractivity contribution is 0.472. The molecular formula is C15H15BrF2N2. The van der Waals surface area contributed by atoms with E-state index in [0.29, 0.717) is 10.9 Å². The van der Waals surface area contributed by atoms with E-state index in [0.717, 1.165) is 11.1 Å². The molecule has 0 radical (unpaired) electrons. The summed E-state index contributed by atoms with van der Waals surface area (Å²) < 4.78 is 28.3. The van der Waals surface area contributed by atoms with Gasteiger partial charge in [0.25, 0.3) is 0 Å². The molecule has 1 atom stereocenters. The molecule has 0 aliphatic rings. The minimum Gasteiger partial charge on any atom is -0.271 e. The van der Waals surface area contributed by atoms with Gasteiger partial charge in [0.2, 0.25) is 0 Å². The average molecular weight is 341 g/mol. The van der Waals surface area contributed by atoms with Crippen molar-refractivity contribution in [1.29, 1.82) is 0 Å². The largest absolute Gasteiger partial charge is 0.271 e. The molecule has 0 aromatic heterocycles. The lowest BCUT2D eigenvalue weighted by Crippen LogP contribution is -2.31. The van der Waals surface area contributed by atoms with Gasteiger partial charge in [-0.3, -0.25) is 11.3 Å². The van der Waals surface area contributed by atoms with Crippen LogP contribution >= 0.6 is 15.9 Å². The molecule has 0 bridgehead atoms. The van der Waals surface area contributed by atoms with Crippen molar-refractivity contribution in [2.45, 2.75) is 19.4 Å². The summed E-state index contributed by atoms with van der Waals surface area (Å²) in [6.45, 7) is 1.98. The number of rotatable bonds is 4. The van der Waals surface area contributed by atoms with Crippen LogP contribution < -0.4 is 11.3 Å². The minimum atomic E-state index is -0.620. The Morgan fingerprint density at radius 1 is 1.15 bits per heavy atom. The highest BCUT2D eigenvalue weighted by atomic mass is 79.9. The van der Waals surface area contributed by atoms with Gasteiger partial charge >= 0.3 is 0 Å². The summed E-state index contributed by atoms with van der Waals surface area (Å²) in [7, 11) is 0. The van der Waals surface area contributed by atoms with E-state index in [1.807, 2.05) is 31.2 Å². The molecule has 3 N–H and O–H groups in total. The van der Waals surface area contributed by atoms with E-state index in [2.05, 4.69) is 21.4 Å². The molecule has 0 saturated carbocycles. The average Bonchev–Trinajstić information content (AvgIpc) is 2.38. The first-order valence-electron chi connectivity index (χ1n) is 6.17. The van der Waals surface area contributed by atoms with Crippen molar-refractivity contribution >= 4 is 15.9 Å². The second-order valence-electron chi connectivity index (χ2n) is 4.69. The quantitative estimate of drug-likeness (QED) is 0.656. The maximum Gasteiger partial charge on any atom is 0.132 e. The first kappa shape index (κ1) is 15.1. The molecule has 106 valence electrons. The Morgan fingerprint density at radius 3 is 2.20 bits per heavy atom. The summed E-state index contributed by atoms with van der Waals surface area (Å²) in [5, 5.41) is 0. The first-order valence-corrected chi connectivity index (χ1v) is 6.96. The lowest BCUT2D eigenvalue weighted by atomic mass is 9.98. The Hall–Kier alpha value is -1.30. The molecule has 2 nitrogen and oxygen atoms in total. The van der Waals surface area contributed by atoms with Crippen LogP contribution in [0.3, 0.4) is 0 Å². The zero-order valence-electron chi connectivity index (χ0n) is 11.0. The fraction of sp³-hybridized carbons (Fsp3) is 0.200. The van der Waals surface area contributed by atoms with Gasteiger partial charge in [0.1, 0.15) is 11.6 Å². The van der Waals surface area contributed by atoms with Crippen molar-refractivity contribution in [2.75, 3.05) is 0 Å². The highest BCUT2D eigenvalue weighted by Gasteiger charge is 2.20. The van der Waals surface area contributed by atoms with Gasteiger partial charge in [0, 0.05) is 10.0 Å². The van der Waals surface area contributed by atoms with Gasteiger partial charge in [-0.25, -0.2) is 8.78 Å². The maximum atomic E-state index is 13.9. The zero-order valence-corrected chi connectivity index (χ0v) is 12.5. The summed E-state index contributed by atoms with van der Waals surface area (Å²) in [6, 6.07) is 9.61. The molecule has 2 rings (SSSR count).